The highest BCUT2D eigenvalue weighted by Gasteiger charge is 2.25. The molecule has 2 fully saturated rings. The summed E-state index contributed by atoms with van der Waals surface area (Å²) in [5, 5.41) is 4.30. The number of nitrogens with one attached hydrogen (secondary N) is 1. The molecule has 1 amide bonds. The van der Waals surface area contributed by atoms with Crippen LogP contribution in [-0.4, -0.2) is 59.6 Å². The minimum absolute atomic E-state index is 0. The number of anilines is 1. The van der Waals surface area contributed by atoms with Crippen molar-refractivity contribution in [2.24, 2.45) is 0 Å². The van der Waals surface area contributed by atoms with Crippen LogP contribution in [0.15, 0.2) is 18.2 Å². The van der Waals surface area contributed by atoms with E-state index in [9.17, 15) is 4.79 Å². The maximum absolute atomic E-state index is 12.7. The number of amides is 1. The quantitative estimate of drug-likeness (QED) is 0.449. The number of carbonyl (C=O) groups excluding carboxylic acids is 1. The van der Waals surface area contributed by atoms with Gasteiger partial charge in [-0.15, -0.1) is 24.8 Å². The molecule has 0 bridgehead atoms. The third kappa shape index (κ3) is 6.52. The van der Waals surface area contributed by atoms with E-state index < -0.39 is 0 Å². The molecule has 1 aromatic heterocycles. The second kappa shape index (κ2) is 13.2. The fourth-order valence-electron chi connectivity index (χ4n) is 5.11. The lowest BCUT2D eigenvalue weighted by atomic mass is 10.2. The average Bonchev–Trinajstić information content (AvgIpc) is 3.41. The van der Waals surface area contributed by atoms with E-state index >= 15 is 0 Å². The summed E-state index contributed by atoms with van der Waals surface area (Å²) in [5.41, 5.74) is 2.60. The molecular weight excluding hydrogens is 516 g/mol. The minimum Gasteiger partial charge on any atom is -0.368 e. The second-order valence-corrected chi connectivity index (χ2v) is 9.70. The summed E-state index contributed by atoms with van der Waals surface area (Å²) < 4.78 is 2.27. The lowest BCUT2D eigenvalue weighted by Crippen LogP contribution is -2.47. The van der Waals surface area contributed by atoms with Crippen molar-refractivity contribution in [2.45, 2.75) is 52.0 Å². The number of hydrogen-bond acceptors (Lipinski definition) is 4. The van der Waals surface area contributed by atoms with E-state index in [1.54, 1.807) is 0 Å². The fraction of sp³-hybridized carbons (Fsp3) is 0.583. The lowest BCUT2D eigenvalue weighted by molar-refractivity contribution is 0.0946. The number of aromatic nitrogens is 2. The van der Waals surface area contributed by atoms with Gasteiger partial charge in [0.25, 0.3) is 5.91 Å². The van der Waals surface area contributed by atoms with E-state index in [-0.39, 0.29) is 30.7 Å². The molecular formula is C24H35Cl4N5O. The van der Waals surface area contributed by atoms with Gasteiger partial charge in [0.1, 0.15) is 11.5 Å². The van der Waals surface area contributed by atoms with E-state index in [0.717, 1.165) is 56.4 Å². The summed E-state index contributed by atoms with van der Waals surface area (Å²) in [5.74, 6) is 0.903. The highest BCUT2D eigenvalue weighted by Crippen LogP contribution is 2.33. The number of aryl methyl sites for hydroxylation is 1. The van der Waals surface area contributed by atoms with Crippen LogP contribution in [0.25, 0.3) is 0 Å². The topological polar surface area (TPSA) is 53.4 Å². The van der Waals surface area contributed by atoms with E-state index in [2.05, 4.69) is 24.7 Å². The van der Waals surface area contributed by atoms with E-state index in [1.165, 1.54) is 25.7 Å². The Kier molecular flexibility index (Phi) is 11.3. The van der Waals surface area contributed by atoms with Crippen molar-refractivity contribution < 1.29 is 4.79 Å². The molecule has 0 spiro atoms. The lowest BCUT2D eigenvalue weighted by Gasteiger charge is -2.36. The van der Waals surface area contributed by atoms with Gasteiger partial charge in [-0.25, -0.2) is 4.98 Å². The van der Waals surface area contributed by atoms with E-state index in [4.69, 9.17) is 23.2 Å². The fourth-order valence-corrected chi connectivity index (χ4v) is 5.52. The average molecular weight is 551 g/mol. The number of piperazine rings is 1. The first kappa shape index (κ1) is 29.1. The number of benzene rings is 1. The van der Waals surface area contributed by atoms with Crippen molar-refractivity contribution in [3.63, 3.8) is 0 Å². The molecule has 6 nitrogen and oxygen atoms in total. The first-order valence-corrected chi connectivity index (χ1v) is 12.5. The zero-order valence-electron chi connectivity index (χ0n) is 19.9. The molecule has 2 aromatic rings. The molecule has 0 unspecified atom stereocenters. The van der Waals surface area contributed by atoms with Crippen molar-refractivity contribution in [3.8, 4) is 0 Å². The summed E-state index contributed by atoms with van der Waals surface area (Å²) in [7, 11) is 0. The molecule has 4 rings (SSSR count). The predicted molar refractivity (Wildman–Crippen MR) is 146 cm³/mol. The number of halogens is 4. The first-order valence-electron chi connectivity index (χ1n) is 11.7. The summed E-state index contributed by atoms with van der Waals surface area (Å²) >= 11 is 12.5. The smallest absolute Gasteiger partial charge is 0.271 e. The van der Waals surface area contributed by atoms with E-state index in [1.807, 2.05) is 32.0 Å². The maximum Gasteiger partial charge on any atom is 0.271 e. The number of carbonyl (C=O) groups is 1. The van der Waals surface area contributed by atoms with Gasteiger partial charge in [-0.3, -0.25) is 9.69 Å². The van der Waals surface area contributed by atoms with Gasteiger partial charge >= 0.3 is 0 Å². The summed E-state index contributed by atoms with van der Waals surface area (Å²) in [6.45, 7) is 9.45. The van der Waals surface area contributed by atoms with Gasteiger partial charge in [0.2, 0.25) is 0 Å². The Morgan fingerprint density at radius 1 is 1.09 bits per heavy atom. The van der Waals surface area contributed by atoms with Gasteiger partial charge in [0.05, 0.1) is 15.7 Å². The zero-order valence-corrected chi connectivity index (χ0v) is 23.0. The molecule has 0 radical (unpaired) electrons. The van der Waals surface area contributed by atoms with Crippen molar-refractivity contribution in [2.75, 3.05) is 44.2 Å². The summed E-state index contributed by atoms with van der Waals surface area (Å²) in [6.07, 6.45) is 5.84. The SMILES string of the molecule is Cc1nc(C(=O)NCCCN2CCN(c3cccc(Cl)c3Cl)CC2)c(C)n1C1CCCC1.Cl.Cl. The first-order chi connectivity index (χ1) is 15.5. The number of hydrogen-bond donors (Lipinski definition) is 1. The highest BCUT2D eigenvalue weighted by atomic mass is 35.5. The normalized spacial score (nSPS) is 16.8. The molecule has 1 aliphatic heterocycles. The Labute approximate surface area is 225 Å². The number of imidazole rings is 1. The molecule has 190 valence electrons. The van der Waals surface area contributed by atoms with Crippen molar-refractivity contribution in [1.82, 2.24) is 19.8 Å². The van der Waals surface area contributed by atoms with Crippen LogP contribution in [0, 0.1) is 13.8 Å². The maximum atomic E-state index is 12.7. The van der Waals surface area contributed by atoms with Crippen LogP contribution < -0.4 is 10.2 Å². The van der Waals surface area contributed by atoms with Crippen molar-refractivity contribution in [3.05, 3.63) is 45.5 Å². The number of rotatable bonds is 7. The Morgan fingerprint density at radius 2 is 1.76 bits per heavy atom. The molecule has 1 aliphatic carbocycles. The molecule has 1 saturated heterocycles. The number of nitrogens with zero attached hydrogens (tertiary/aromatic N) is 4. The van der Waals surface area contributed by atoms with Gasteiger partial charge in [-0.05, 0) is 51.8 Å². The molecule has 1 N–H and O–H groups in total. The molecule has 2 aliphatic rings. The van der Waals surface area contributed by atoms with Gasteiger partial charge in [0, 0.05) is 44.5 Å². The molecule has 10 heteroatoms. The third-order valence-electron chi connectivity index (χ3n) is 6.81. The van der Waals surface area contributed by atoms with Crippen LogP contribution in [0.5, 0.6) is 0 Å². The van der Waals surface area contributed by atoms with Crippen molar-refractivity contribution in [1.29, 1.82) is 0 Å². The summed E-state index contributed by atoms with van der Waals surface area (Å²) in [4.78, 5) is 22.0. The zero-order chi connectivity index (χ0) is 22.7. The molecule has 1 saturated carbocycles. The van der Waals surface area contributed by atoms with Crippen LogP contribution in [0.4, 0.5) is 5.69 Å². The summed E-state index contributed by atoms with van der Waals surface area (Å²) in [6, 6.07) is 6.29. The minimum atomic E-state index is -0.0530. The second-order valence-electron chi connectivity index (χ2n) is 8.91. The highest BCUT2D eigenvalue weighted by molar-refractivity contribution is 6.43. The molecule has 0 atom stereocenters. The van der Waals surface area contributed by atoms with Crippen LogP contribution in [0.1, 0.15) is 60.2 Å². The Hall–Kier alpha value is -1.18. The van der Waals surface area contributed by atoms with Crippen LogP contribution in [-0.2, 0) is 0 Å². The predicted octanol–water partition coefficient (Wildman–Crippen LogP) is 5.71. The molecule has 34 heavy (non-hydrogen) atoms. The monoisotopic (exact) mass is 549 g/mol. The Bertz CT molecular complexity index is 953. The van der Waals surface area contributed by atoms with Gasteiger partial charge in [-0.1, -0.05) is 42.1 Å². The Balaban J connectivity index is 0.00000204. The molecule has 2 heterocycles. The van der Waals surface area contributed by atoms with Crippen LogP contribution >= 0.6 is 48.0 Å². The Morgan fingerprint density at radius 3 is 2.44 bits per heavy atom. The van der Waals surface area contributed by atoms with Crippen LogP contribution in [0.3, 0.4) is 0 Å². The van der Waals surface area contributed by atoms with Gasteiger partial charge in [-0.2, -0.15) is 0 Å². The largest absolute Gasteiger partial charge is 0.368 e. The van der Waals surface area contributed by atoms with Crippen LogP contribution in [0.2, 0.25) is 10.0 Å². The standard InChI is InChI=1S/C24H33Cl2N5O.2ClH/c1-17-23(28-18(2)31(17)19-7-3-4-8-19)24(32)27-11-6-12-29-13-15-30(16-14-29)21-10-5-9-20(25)22(21)26;;/h5,9-10,19H,3-4,6-8,11-16H2,1-2H3,(H,27,32);2*1H. The third-order valence-corrected chi connectivity index (χ3v) is 7.62. The van der Waals surface area contributed by atoms with E-state index in [0.29, 0.717) is 28.3 Å². The van der Waals surface area contributed by atoms with Gasteiger partial charge < -0.3 is 14.8 Å². The molecule has 1 aromatic carbocycles. The van der Waals surface area contributed by atoms with Crippen molar-refractivity contribution >= 4 is 59.6 Å². The van der Waals surface area contributed by atoms with Gasteiger partial charge in [0.15, 0.2) is 0 Å².